The Morgan fingerprint density at radius 1 is 0.706 bits per heavy atom. The highest BCUT2D eigenvalue weighted by atomic mass is 79.9. The predicted octanol–water partition coefficient (Wildman–Crippen LogP) is 10.2. The molecule has 0 radical (unpaired) electrons. The Labute approximate surface area is 214 Å². The van der Waals surface area contributed by atoms with Crippen LogP contribution in [0.2, 0.25) is 0 Å². The van der Waals surface area contributed by atoms with Gasteiger partial charge < -0.3 is 0 Å². The molecule has 0 atom stereocenters. The van der Waals surface area contributed by atoms with Gasteiger partial charge in [-0.2, -0.15) is 5.26 Å². The van der Waals surface area contributed by atoms with Crippen molar-refractivity contribution < 1.29 is 0 Å². The average Bonchev–Trinajstić information content (AvgIpc) is 3.13. The van der Waals surface area contributed by atoms with E-state index < -0.39 is 0 Å². The molecule has 0 N–H and O–H groups in total. The maximum Gasteiger partial charge on any atom is 0.0998 e. The molecule has 176 valence electrons. The number of hydrogen-bond acceptors (Lipinski definition) is 1. The van der Waals surface area contributed by atoms with Crippen molar-refractivity contribution in [3.8, 4) is 28.3 Å². The molecule has 0 unspecified atom stereocenters. The van der Waals surface area contributed by atoms with Crippen molar-refractivity contribution in [2.45, 2.75) is 83.5 Å². The van der Waals surface area contributed by atoms with Gasteiger partial charge in [0.05, 0.1) is 11.6 Å². The molecule has 0 aliphatic heterocycles. The maximum absolute atomic E-state index is 9.73. The highest BCUT2D eigenvalue weighted by molar-refractivity contribution is 9.10. The number of hydrogen-bond donors (Lipinski definition) is 0. The van der Waals surface area contributed by atoms with Gasteiger partial charge in [0, 0.05) is 9.89 Å². The zero-order valence-electron chi connectivity index (χ0n) is 20.7. The number of benzene rings is 3. The summed E-state index contributed by atoms with van der Waals surface area (Å²) in [6.07, 6.45) is 12.6. The van der Waals surface area contributed by atoms with Crippen molar-refractivity contribution in [1.29, 1.82) is 5.26 Å². The summed E-state index contributed by atoms with van der Waals surface area (Å²) in [7, 11) is 0. The van der Waals surface area contributed by atoms with Gasteiger partial charge in [-0.05, 0) is 70.5 Å². The van der Waals surface area contributed by atoms with Gasteiger partial charge in [0.2, 0.25) is 0 Å². The summed E-state index contributed by atoms with van der Waals surface area (Å²) < 4.78 is 1.17. The summed E-state index contributed by atoms with van der Waals surface area (Å²) >= 11 is 3.78. The molecule has 0 spiro atoms. The molecular formula is C32H36BrN. The predicted molar refractivity (Wildman–Crippen MR) is 148 cm³/mol. The second kappa shape index (κ2) is 11.4. The molecule has 2 heteroatoms. The molecule has 0 heterocycles. The first-order valence-corrected chi connectivity index (χ1v) is 13.9. The van der Waals surface area contributed by atoms with Crippen LogP contribution in [0.15, 0.2) is 65.1 Å². The number of halogens is 1. The fraction of sp³-hybridized carbons (Fsp3) is 0.406. The number of nitriles is 1. The normalized spacial score (nSPS) is 13.4. The Kier molecular flexibility index (Phi) is 8.28. The van der Waals surface area contributed by atoms with Crippen LogP contribution in [0.1, 0.15) is 94.7 Å². The summed E-state index contributed by atoms with van der Waals surface area (Å²) in [5.41, 5.74) is 8.74. The molecule has 0 amide bonds. The molecule has 1 aliphatic rings. The molecular weight excluding hydrogens is 478 g/mol. The van der Waals surface area contributed by atoms with Crippen LogP contribution in [0.25, 0.3) is 22.3 Å². The lowest BCUT2D eigenvalue weighted by Crippen LogP contribution is -2.25. The zero-order chi connectivity index (χ0) is 24.0. The van der Waals surface area contributed by atoms with Gasteiger partial charge in [0.1, 0.15) is 0 Å². The first-order chi connectivity index (χ1) is 16.6. The second-order valence-electron chi connectivity index (χ2n) is 9.81. The number of fused-ring (bicyclic) bond motifs is 3. The number of unbranched alkanes of at least 4 members (excludes halogenated alkanes) is 6. The molecule has 4 rings (SSSR count). The molecule has 34 heavy (non-hydrogen) atoms. The van der Waals surface area contributed by atoms with E-state index in [1.54, 1.807) is 0 Å². The van der Waals surface area contributed by atoms with E-state index in [4.69, 9.17) is 0 Å². The molecule has 0 aromatic heterocycles. The lowest BCUT2D eigenvalue weighted by molar-refractivity contribution is 0.401. The molecule has 3 aromatic rings. The van der Waals surface area contributed by atoms with Gasteiger partial charge in [0.15, 0.2) is 0 Å². The van der Waals surface area contributed by atoms with E-state index >= 15 is 0 Å². The van der Waals surface area contributed by atoms with E-state index in [-0.39, 0.29) is 5.41 Å². The van der Waals surface area contributed by atoms with Crippen LogP contribution in [0, 0.1) is 11.3 Å². The van der Waals surface area contributed by atoms with Crippen LogP contribution in [-0.2, 0) is 5.41 Å². The van der Waals surface area contributed by atoms with Crippen LogP contribution in [0.3, 0.4) is 0 Å². The largest absolute Gasteiger partial charge is 0.192 e. The van der Waals surface area contributed by atoms with E-state index in [0.29, 0.717) is 0 Å². The van der Waals surface area contributed by atoms with E-state index in [1.807, 2.05) is 18.2 Å². The van der Waals surface area contributed by atoms with Gasteiger partial charge in [-0.15, -0.1) is 0 Å². The molecule has 0 fully saturated rings. The first-order valence-electron chi connectivity index (χ1n) is 13.1. The van der Waals surface area contributed by atoms with Crippen molar-refractivity contribution in [2.24, 2.45) is 0 Å². The van der Waals surface area contributed by atoms with Gasteiger partial charge in [-0.3, -0.25) is 0 Å². The van der Waals surface area contributed by atoms with Crippen LogP contribution in [0.5, 0.6) is 0 Å². The summed E-state index contributed by atoms with van der Waals surface area (Å²) in [5.74, 6) is 0. The van der Waals surface area contributed by atoms with E-state index in [2.05, 4.69) is 78.3 Å². The molecule has 0 bridgehead atoms. The Morgan fingerprint density at radius 2 is 1.32 bits per heavy atom. The van der Waals surface area contributed by atoms with Crippen molar-refractivity contribution in [3.63, 3.8) is 0 Å². The fourth-order valence-electron chi connectivity index (χ4n) is 5.84. The van der Waals surface area contributed by atoms with E-state index in [1.165, 1.54) is 90.9 Å². The van der Waals surface area contributed by atoms with Crippen LogP contribution < -0.4 is 0 Å². The Bertz CT molecular complexity index is 1160. The van der Waals surface area contributed by atoms with Gasteiger partial charge >= 0.3 is 0 Å². The molecule has 1 aliphatic carbocycles. The topological polar surface area (TPSA) is 23.8 Å². The fourth-order valence-corrected chi connectivity index (χ4v) is 6.20. The van der Waals surface area contributed by atoms with Crippen LogP contribution in [0.4, 0.5) is 0 Å². The quantitative estimate of drug-likeness (QED) is 0.234. The monoisotopic (exact) mass is 513 g/mol. The van der Waals surface area contributed by atoms with E-state index in [0.717, 1.165) is 16.7 Å². The minimum atomic E-state index is 0.0491. The van der Waals surface area contributed by atoms with Gasteiger partial charge in [-0.1, -0.05) is 118 Å². The standard InChI is InChI=1S/C32H36BrN/c1-3-5-7-11-19-32(20-12-8-6-4-2)30-21-24(27-14-10-9-13-25(27)23-34)15-17-28(30)29-18-16-26(33)22-31(29)32/h9-10,13-18,21-22H,3-8,11-12,19-20H2,1-2H3. The van der Waals surface area contributed by atoms with Crippen molar-refractivity contribution >= 4 is 15.9 Å². The molecule has 0 saturated carbocycles. The lowest BCUT2D eigenvalue weighted by atomic mass is 9.70. The highest BCUT2D eigenvalue weighted by Crippen LogP contribution is 2.55. The summed E-state index contributed by atoms with van der Waals surface area (Å²) in [4.78, 5) is 0. The second-order valence-corrected chi connectivity index (χ2v) is 10.7. The molecule has 0 saturated heterocycles. The Hall–Kier alpha value is -2.37. The summed E-state index contributed by atoms with van der Waals surface area (Å²) in [5, 5.41) is 9.73. The van der Waals surface area contributed by atoms with Crippen molar-refractivity contribution in [2.75, 3.05) is 0 Å². The molecule has 3 aromatic carbocycles. The average molecular weight is 515 g/mol. The van der Waals surface area contributed by atoms with Crippen molar-refractivity contribution in [1.82, 2.24) is 0 Å². The third-order valence-electron chi connectivity index (χ3n) is 7.60. The van der Waals surface area contributed by atoms with Gasteiger partial charge in [0.25, 0.3) is 0 Å². The number of nitrogens with zero attached hydrogens (tertiary/aromatic N) is 1. The van der Waals surface area contributed by atoms with E-state index in [9.17, 15) is 5.26 Å². The Morgan fingerprint density at radius 3 is 1.97 bits per heavy atom. The minimum absolute atomic E-state index is 0.0491. The SMILES string of the molecule is CCCCCCC1(CCCCCC)c2cc(Br)ccc2-c2ccc(-c3ccccc3C#N)cc21. The summed E-state index contributed by atoms with van der Waals surface area (Å²) in [6, 6.07) is 24.2. The lowest BCUT2D eigenvalue weighted by Gasteiger charge is -2.33. The van der Waals surface area contributed by atoms with Crippen molar-refractivity contribution in [3.05, 3.63) is 81.8 Å². The van der Waals surface area contributed by atoms with Crippen LogP contribution >= 0.6 is 15.9 Å². The zero-order valence-corrected chi connectivity index (χ0v) is 22.3. The maximum atomic E-state index is 9.73. The van der Waals surface area contributed by atoms with Crippen LogP contribution in [-0.4, -0.2) is 0 Å². The highest BCUT2D eigenvalue weighted by Gasteiger charge is 2.42. The summed E-state index contributed by atoms with van der Waals surface area (Å²) in [6.45, 7) is 4.58. The smallest absolute Gasteiger partial charge is 0.0998 e. The third kappa shape index (κ3) is 4.87. The third-order valence-corrected chi connectivity index (χ3v) is 8.09. The minimum Gasteiger partial charge on any atom is -0.192 e. The van der Waals surface area contributed by atoms with Gasteiger partial charge in [-0.25, -0.2) is 0 Å². The Balaban J connectivity index is 1.85. The first kappa shape index (κ1) is 24.7. The number of rotatable bonds is 11. The molecule has 1 nitrogen and oxygen atoms in total.